The summed E-state index contributed by atoms with van der Waals surface area (Å²) in [6.07, 6.45) is 0. The summed E-state index contributed by atoms with van der Waals surface area (Å²) in [5.41, 5.74) is -4.24. The lowest BCUT2D eigenvalue weighted by atomic mass is 9.94. The molecule has 0 fully saturated rings. The third-order valence-electron chi connectivity index (χ3n) is 2.50. The van der Waals surface area contributed by atoms with Crippen molar-refractivity contribution in [1.82, 2.24) is 0 Å². The van der Waals surface area contributed by atoms with E-state index in [0.29, 0.717) is 6.92 Å². The summed E-state index contributed by atoms with van der Waals surface area (Å²) in [5, 5.41) is 8.79. The number of methoxy groups -OCH3 is 1. The van der Waals surface area contributed by atoms with Crippen LogP contribution in [0.5, 0.6) is 0 Å². The average molecular weight is 270 g/mol. The van der Waals surface area contributed by atoms with Gasteiger partial charge in [-0.2, -0.15) is 0 Å². The Morgan fingerprint density at radius 3 is 1.61 bits per heavy atom. The molecule has 8 heteroatoms. The van der Waals surface area contributed by atoms with E-state index in [1.807, 2.05) is 0 Å². The van der Waals surface area contributed by atoms with Gasteiger partial charge in [0.05, 0.1) is 5.56 Å². The second-order valence-electron chi connectivity index (χ2n) is 3.49. The van der Waals surface area contributed by atoms with E-state index in [4.69, 9.17) is 5.11 Å². The molecule has 0 amide bonds. The van der Waals surface area contributed by atoms with Gasteiger partial charge in [0.25, 0.3) is 0 Å². The van der Waals surface area contributed by atoms with Crippen molar-refractivity contribution in [3.05, 3.63) is 34.6 Å². The van der Waals surface area contributed by atoms with Gasteiger partial charge in [-0.15, -0.1) is 0 Å². The summed E-state index contributed by atoms with van der Waals surface area (Å²) >= 11 is 0. The Morgan fingerprint density at radius 1 is 1.00 bits per heavy atom. The minimum absolute atomic E-state index is 0.674. The van der Waals surface area contributed by atoms with Crippen LogP contribution in [-0.2, 0) is 15.1 Å². The summed E-state index contributed by atoms with van der Waals surface area (Å²) in [6, 6.07) is 0. The standard InChI is InChI=1S/C10H7F5O3/c1-10(18-2,9(16)17)3-4(11)6(13)8(15)7(14)5(3)12/h1-2H3,(H,16,17). The van der Waals surface area contributed by atoms with Crippen LogP contribution in [0.3, 0.4) is 0 Å². The van der Waals surface area contributed by atoms with Gasteiger partial charge in [-0.3, -0.25) is 0 Å². The molecule has 0 aliphatic heterocycles. The van der Waals surface area contributed by atoms with Crippen LogP contribution in [0.25, 0.3) is 0 Å². The molecule has 0 saturated carbocycles. The van der Waals surface area contributed by atoms with Gasteiger partial charge in [-0.05, 0) is 6.92 Å². The fourth-order valence-corrected chi connectivity index (χ4v) is 1.32. The first-order valence-corrected chi connectivity index (χ1v) is 4.49. The van der Waals surface area contributed by atoms with Crippen LogP contribution in [0.2, 0.25) is 0 Å². The first-order chi connectivity index (χ1) is 8.18. The topological polar surface area (TPSA) is 46.5 Å². The van der Waals surface area contributed by atoms with Gasteiger partial charge in [0, 0.05) is 7.11 Å². The van der Waals surface area contributed by atoms with Crippen molar-refractivity contribution in [1.29, 1.82) is 0 Å². The highest BCUT2D eigenvalue weighted by molar-refractivity contribution is 5.79. The van der Waals surface area contributed by atoms with Gasteiger partial charge in [0.15, 0.2) is 28.9 Å². The predicted octanol–water partition coefficient (Wildman–Crippen LogP) is 2.33. The monoisotopic (exact) mass is 270 g/mol. The quantitative estimate of drug-likeness (QED) is 0.521. The maximum atomic E-state index is 13.4. The Balaban J connectivity index is 3.75. The fourth-order valence-electron chi connectivity index (χ4n) is 1.32. The maximum absolute atomic E-state index is 13.4. The van der Waals surface area contributed by atoms with Crippen molar-refractivity contribution in [2.45, 2.75) is 12.5 Å². The van der Waals surface area contributed by atoms with Crippen molar-refractivity contribution in [3.8, 4) is 0 Å². The predicted molar refractivity (Wildman–Crippen MR) is 48.2 cm³/mol. The molecule has 1 aromatic carbocycles. The number of benzene rings is 1. The van der Waals surface area contributed by atoms with Crippen molar-refractivity contribution in [2.75, 3.05) is 7.11 Å². The Kier molecular flexibility index (Phi) is 3.61. The molecule has 0 spiro atoms. The molecule has 0 aromatic heterocycles. The lowest BCUT2D eigenvalue weighted by Gasteiger charge is -2.24. The van der Waals surface area contributed by atoms with E-state index in [-0.39, 0.29) is 0 Å². The Labute approximate surface area is 97.8 Å². The third kappa shape index (κ3) is 1.82. The minimum Gasteiger partial charge on any atom is -0.479 e. The zero-order chi connectivity index (χ0) is 14.2. The Bertz CT molecular complexity index is 488. The second-order valence-corrected chi connectivity index (χ2v) is 3.49. The molecule has 0 aliphatic rings. The van der Waals surface area contributed by atoms with E-state index in [2.05, 4.69) is 4.74 Å². The molecule has 100 valence electrons. The van der Waals surface area contributed by atoms with Crippen LogP contribution in [-0.4, -0.2) is 18.2 Å². The van der Waals surface area contributed by atoms with Gasteiger partial charge in [-0.1, -0.05) is 0 Å². The zero-order valence-corrected chi connectivity index (χ0v) is 9.15. The number of rotatable bonds is 3. The van der Waals surface area contributed by atoms with Crippen molar-refractivity contribution in [3.63, 3.8) is 0 Å². The minimum atomic E-state index is -2.69. The molecule has 1 N–H and O–H groups in total. The number of carbonyl (C=O) groups is 1. The molecule has 3 nitrogen and oxygen atoms in total. The third-order valence-corrected chi connectivity index (χ3v) is 2.50. The van der Waals surface area contributed by atoms with Crippen LogP contribution in [0.4, 0.5) is 22.0 Å². The highest BCUT2D eigenvalue weighted by atomic mass is 19.2. The molecule has 1 aromatic rings. The zero-order valence-electron chi connectivity index (χ0n) is 9.15. The number of halogens is 5. The molecule has 1 atom stereocenters. The van der Waals surface area contributed by atoms with Gasteiger partial charge < -0.3 is 9.84 Å². The first kappa shape index (κ1) is 14.4. The lowest BCUT2D eigenvalue weighted by Crippen LogP contribution is -2.37. The van der Waals surface area contributed by atoms with E-state index in [9.17, 15) is 26.7 Å². The number of ether oxygens (including phenoxy) is 1. The molecule has 0 saturated heterocycles. The van der Waals surface area contributed by atoms with E-state index in [1.54, 1.807) is 0 Å². The van der Waals surface area contributed by atoms with Crippen molar-refractivity contribution in [2.24, 2.45) is 0 Å². The highest BCUT2D eigenvalue weighted by Gasteiger charge is 2.44. The molecule has 0 bridgehead atoms. The molecule has 1 rings (SSSR count). The number of aliphatic carboxylic acids is 1. The van der Waals surface area contributed by atoms with E-state index >= 15 is 0 Å². The molecule has 0 radical (unpaired) electrons. The number of hydrogen-bond donors (Lipinski definition) is 1. The summed E-state index contributed by atoms with van der Waals surface area (Å²) in [5.74, 6) is -13.2. The van der Waals surface area contributed by atoms with Crippen LogP contribution in [0, 0.1) is 29.1 Å². The average Bonchev–Trinajstić information content (AvgIpc) is 2.33. The molecular weight excluding hydrogens is 263 g/mol. The molecule has 0 aliphatic carbocycles. The van der Waals surface area contributed by atoms with Gasteiger partial charge >= 0.3 is 5.97 Å². The molecule has 1 unspecified atom stereocenters. The molecule has 18 heavy (non-hydrogen) atoms. The number of carboxylic acids is 1. The van der Waals surface area contributed by atoms with Gasteiger partial charge in [0.1, 0.15) is 0 Å². The van der Waals surface area contributed by atoms with E-state index in [0.717, 1.165) is 7.11 Å². The van der Waals surface area contributed by atoms with Crippen LogP contribution in [0.1, 0.15) is 12.5 Å². The summed E-state index contributed by atoms with van der Waals surface area (Å²) in [4.78, 5) is 10.9. The largest absolute Gasteiger partial charge is 0.479 e. The smallest absolute Gasteiger partial charge is 0.340 e. The number of hydrogen-bond acceptors (Lipinski definition) is 2. The SMILES string of the molecule is COC(C)(C(=O)O)c1c(F)c(F)c(F)c(F)c1F. The second kappa shape index (κ2) is 4.52. The summed E-state index contributed by atoms with van der Waals surface area (Å²) < 4.78 is 69.7. The van der Waals surface area contributed by atoms with Crippen molar-refractivity contribution < 1.29 is 36.6 Å². The van der Waals surface area contributed by atoms with Crippen LogP contribution >= 0.6 is 0 Å². The highest BCUT2D eigenvalue weighted by Crippen LogP contribution is 2.33. The summed E-state index contributed by atoms with van der Waals surface area (Å²) in [6.45, 7) is 0.674. The van der Waals surface area contributed by atoms with Crippen LogP contribution < -0.4 is 0 Å². The summed E-state index contributed by atoms with van der Waals surface area (Å²) in [7, 11) is 0.770. The van der Waals surface area contributed by atoms with Crippen molar-refractivity contribution >= 4 is 5.97 Å². The molecular formula is C10H7F5O3. The van der Waals surface area contributed by atoms with Gasteiger partial charge in [0.2, 0.25) is 5.82 Å². The maximum Gasteiger partial charge on any atom is 0.340 e. The van der Waals surface area contributed by atoms with Gasteiger partial charge in [-0.25, -0.2) is 26.7 Å². The fraction of sp³-hybridized carbons (Fsp3) is 0.300. The van der Waals surface area contributed by atoms with E-state index in [1.165, 1.54) is 0 Å². The van der Waals surface area contributed by atoms with E-state index < -0.39 is 46.2 Å². The Morgan fingerprint density at radius 2 is 1.33 bits per heavy atom. The molecule has 0 heterocycles. The lowest BCUT2D eigenvalue weighted by molar-refractivity contribution is -0.162. The number of carboxylic acid groups (broad SMARTS) is 1. The Hall–Kier alpha value is -1.70. The normalized spacial score (nSPS) is 14.4. The van der Waals surface area contributed by atoms with Crippen LogP contribution in [0.15, 0.2) is 0 Å². The first-order valence-electron chi connectivity index (χ1n) is 4.49.